The van der Waals surface area contributed by atoms with E-state index in [1.165, 1.54) is 4.90 Å². The molecular formula is C42H51N5O6. The maximum atomic E-state index is 14.1. The van der Waals surface area contributed by atoms with E-state index in [1.54, 1.807) is 0 Å². The number of amides is 5. The highest BCUT2D eigenvalue weighted by atomic mass is 16.5. The van der Waals surface area contributed by atoms with Gasteiger partial charge in [0, 0.05) is 13.0 Å². The Morgan fingerprint density at radius 1 is 0.698 bits per heavy atom. The van der Waals surface area contributed by atoms with Crippen LogP contribution in [0.2, 0.25) is 0 Å². The van der Waals surface area contributed by atoms with Crippen LogP contribution in [0.15, 0.2) is 121 Å². The van der Waals surface area contributed by atoms with Gasteiger partial charge in [-0.15, -0.1) is 0 Å². The molecule has 53 heavy (non-hydrogen) atoms. The summed E-state index contributed by atoms with van der Waals surface area (Å²) in [4.78, 5) is 54.6. The molecule has 0 bridgehead atoms. The quantitative estimate of drug-likeness (QED) is 0.0871. The van der Waals surface area contributed by atoms with Crippen LogP contribution in [0, 0.1) is 0 Å². The van der Waals surface area contributed by atoms with Gasteiger partial charge in [-0.25, -0.2) is 9.59 Å². The molecule has 11 nitrogen and oxygen atoms in total. The zero-order chi connectivity index (χ0) is 37.8. The number of benzene rings is 4. The fourth-order valence-corrected chi connectivity index (χ4v) is 5.87. The summed E-state index contributed by atoms with van der Waals surface area (Å²) in [6.07, 6.45) is 0.767. The van der Waals surface area contributed by atoms with Gasteiger partial charge in [-0.1, -0.05) is 141 Å². The first-order valence-electron chi connectivity index (χ1n) is 18.1. The largest absolute Gasteiger partial charge is 0.445 e. The first-order chi connectivity index (χ1) is 25.7. The highest BCUT2D eigenvalue weighted by Gasteiger charge is 2.30. The van der Waals surface area contributed by atoms with Crippen LogP contribution in [0.4, 0.5) is 9.59 Å². The fourth-order valence-electron chi connectivity index (χ4n) is 5.87. The van der Waals surface area contributed by atoms with Crippen LogP contribution in [0.3, 0.4) is 0 Å². The Morgan fingerprint density at radius 3 is 1.77 bits per heavy atom. The smallest absolute Gasteiger partial charge is 0.407 e. The Hall–Kier alpha value is -5.68. The van der Waals surface area contributed by atoms with E-state index >= 15 is 0 Å². The number of nitrogens with one attached hydrogen (secondary N) is 3. The van der Waals surface area contributed by atoms with Gasteiger partial charge in [-0.05, 0) is 41.5 Å². The molecule has 0 spiro atoms. The van der Waals surface area contributed by atoms with Crippen LogP contribution in [0.1, 0.15) is 48.4 Å². The number of primary amides is 1. The van der Waals surface area contributed by atoms with Crippen LogP contribution < -0.4 is 21.7 Å². The first-order valence-corrected chi connectivity index (χ1v) is 18.1. The average molecular weight is 722 g/mol. The molecule has 0 saturated carbocycles. The monoisotopic (exact) mass is 721 g/mol. The van der Waals surface area contributed by atoms with Crippen molar-refractivity contribution in [2.45, 2.75) is 76.3 Å². The number of hydrogen-bond donors (Lipinski definition) is 5. The summed E-state index contributed by atoms with van der Waals surface area (Å²) in [6, 6.07) is 34.2. The standard InChI is InChI=1S/C42H51N5O6/c1-2-3-24-35(40(50)44-37(39(43)49)28-33-20-12-6-13-21-33)45-41(51)47(26-25-31-16-8-4-9-17-31)29-38(48)36(27-32-18-10-5-11-19-32)46-42(52)53-30-34-22-14-7-15-23-34/h4-23,35-38,48H,2-3,24-30H2,1H3,(H2,43,49)(H,44,50)(H,45,51)(H,46,52)/t35-,36-,37-,38+/m0/s1. The molecule has 4 aromatic carbocycles. The fraction of sp³-hybridized carbons (Fsp3) is 0.333. The molecule has 0 fully saturated rings. The number of carbonyl (C=O) groups is 4. The van der Waals surface area contributed by atoms with Gasteiger partial charge in [-0.2, -0.15) is 0 Å². The molecule has 0 heterocycles. The summed E-state index contributed by atoms with van der Waals surface area (Å²) < 4.78 is 5.48. The van der Waals surface area contributed by atoms with Crippen molar-refractivity contribution >= 4 is 23.9 Å². The highest BCUT2D eigenvalue weighted by molar-refractivity contribution is 5.91. The second-order valence-electron chi connectivity index (χ2n) is 13.0. The van der Waals surface area contributed by atoms with Gasteiger partial charge >= 0.3 is 12.1 Å². The number of nitrogens with zero attached hydrogens (tertiary/aromatic N) is 1. The van der Waals surface area contributed by atoms with Crippen molar-refractivity contribution in [3.63, 3.8) is 0 Å². The van der Waals surface area contributed by atoms with Crippen LogP contribution in [-0.2, 0) is 40.2 Å². The van der Waals surface area contributed by atoms with Crippen molar-refractivity contribution in [3.8, 4) is 0 Å². The SMILES string of the molecule is CCCC[C@H](NC(=O)N(CCc1ccccc1)C[C@@H](O)[C@H](Cc1ccccc1)NC(=O)OCc1ccccc1)C(=O)N[C@@H](Cc1ccccc1)C(N)=O. The number of hydrogen-bond acceptors (Lipinski definition) is 6. The maximum Gasteiger partial charge on any atom is 0.407 e. The molecule has 0 radical (unpaired) electrons. The summed E-state index contributed by atoms with van der Waals surface area (Å²) >= 11 is 0. The van der Waals surface area contributed by atoms with Crippen molar-refractivity contribution in [1.82, 2.24) is 20.9 Å². The van der Waals surface area contributed by atoms with Gasteiger partial charge in [0.2, 0.25) is 11.8 Å². The molecule has 4 atom stereocenters. The second kappa shape index (κ2) is 21.6. The van der Waals surface area contributed by atoms with Crippen molar-refractivity contribution in [2.75, 3.05) is 13.1 Å². The van der Waals surface area contributed by atoms with Crippen molar-refractivity contribution in [1.29, 1.82) is 0 Å². The predicted octanol–water partition coefficient (Wildman–Crippen LogP) is 4.91. The third-order valence-corrected chi connectivity index (χ3v) is 8.89. The minimum Gasteiger partial charge on any atom is -0.445 e. The third kappa shape index (κ3) is 14.1. The molecule has 0 aliphatic rings. The lowest BCUT2D eigenvalue weighted by Gasteiger charge is -2.31. The molecule has 0 aliphatic carbocycles. The normalized spacial score (nSPS) is 13.1. The van der Waals surface area contributed by atoms with E-state index in [2.05, 4.69) is 16.0 Å². The van der Waals surface area contributed by atoms with Gasteiger partial charge in [0.15, 0.2) is 0 Å². The Labute approximate surface area is 311 Å². The van der Waals surface area contributed by atoms with E-state index in [4.69, 9.17) is 10.5 Å². The molecular weight excluding hydrogens is 670 g/mol. The van der Waals surface area contributed by atoms with E-state index in [1.807, 2.05) is 128 Å². The molecule has 0 unspecified atom stereocenters. The lowest BCUT2D eigenvalue weighted by atomic mass is 10.0. The van der Waals surface area contributed by atoms with Gasteiger partial charge in [0.05, 0.1) is 18.7 Å². The molecule has 4 aromatic rings. The zero-order valence-corrected chi connectivity index (χ0v) is 30.2. The number of aliphatic hydroxyl groups is 1. The van der Waals surface area contributed by atoms with E-state index < -0.39 is 48.2 Å². The van der Waals surface area contributed by atoms with E-state index in [0.717, 1.165) is 28.7 Å². The summed E-state index contributed by atoms with van der Waals surface area (Å²) in [5, 5.41) is 20.1. The summed E-state index contributed by atoms with van der Waals surface area (Å²) in [5.41, 5.74) is 9.18. The lowest BCUT2D eigenvalue weighted by Crippen LogP contribution is -2.57. The second-order valence-corrected chi connectivity index (χ2v) is 13.0. The average Bonchev–Trinajstić information content (AvgIpc) is 3.18. The number of ether oxygens (including phenoxy) is 1. The molecule has 6 N–H and O–H groups in total. The molecule has 0 aromatic heterocycles. The number of urea groups is 1. The molecule has 280 valence electrons. The topological polar surface area (TPSA) is 163 Å². The Balaban J connectivity index is 1.51. The Kier molecular flexibility index (Phi) is 16.4. The van der Waals surface area contributed by atoms with Gasteiger partial charge in [0.1, 0.15) is 18.7 Å². The lowest BCUT2D eigenvalue weighted by molar-refractivity contribution is -0.128. The van der Waals surface area contributed by atoms with Crippen LogP contribution in [-0.4, -0.2) is 71.3 Å². The predicted molar refractivity (Wildman–Crippen MR) is 205 cm³/mol. The van der Waals surface area contributed by atoms with Crippen molar-refractivity contribution < 1.29 is 29.0 Å². The summed E-state index contributed by atoms with van der Waals surface area (Å²) in [7, 11) is 0. The summed E-state index contributed by atoms with van der Waals surface area (Å²) in [6.45, 7) is 2.08. The number of rotatable bonds is 20. The van der Waals surface area contributed by atoms with Crippen LogP contribution in [0.5, 0.6) is 0 Å². The van der Waals surface area contributed by atoms with Crippen LogP contribution >= 0.6 is 0 Å². The summed E-state index contributed by atoms with van der Waals surface area (Å²) in [5.74, 6) is -1.21. The molecule has 0 saturated heterocycles. The Bertz CT molecular complexity index is 1690. The van der Waals surface area contributed by atoms with Crippen molar-refractivity contribution in [3.05, 3.63) is 144 Å². The van der Waals surface area contributed by atoms with E-state index in [0.29, 0.717) is 19.3 Å². The number of alkyl carbamates (subject to hydrolysis) is 1. The first kappa shape index (κ1) is 40.1. The van der Waals surface area contributed by atoms with Gasteiger partial charge < -0.3 is 36.4 Å². The number of unbranched alkanes of at least 4 members (excludes halogenated alkanes) is 1. The number of aliphatic hydroxyl groups excluding tert-OH is 1. The number of nitrogens with two attached hydrogens (primary N) is 1. The van der Waals surface area contributed by atoms with Gasteiger partial charge in [-0.3, -0.25) is 9.59 Å². The minimum absolute atomic E-state index is 0.0512. The van der Waals surface area contributed by atoms with E-state index in [9.17, 15) is 24.3 Å². The highest BCUT2D eigenvalue weighted by Crippen LogP contribution is 2.12. The van der Waals surface area contributed by atoms with E-state index in [-0.39, 0.29) is 32.5 Å². The molecule has 0 aliphatic heterocycles. The van der Waals surface area contributed by atoms with Crippen LogP contribution in [0.25, 0.3) is 0 Å². The van der Waals surface area contributed by atoms with Gasteiger partial charge in [0.25, 0.3) is 0 Å². The maximum absolute atomic E-state index is 14.1. The molecule has 4 rings (SSSR count). The zero-order valence-electron chi connectivity index (χ0n) is 30.2. The molecule has 5 amide bonds. The van der Waals surface area contributed by atoms with Crippen molar-refractivity contribution in [2.24, 2.45) is 5.73 Å². The molecule has 11 heteroatoms. The Morgan fingerprint density at radius 2 is 1.23 bits per heavy atom. The number of carbonyl (C=O) groups excluding carboxylic acids is 4. The minimum atomic E-state index is -1.21. The third-order valence-electron chi connectivity index (χ3n) is 8.89.